The van der Waals surface area contributed by atoms with Crippen LogP contribution in [0.5, 0.6) is 17.2 Å². The summed E-state index contributed by atoms with van der Waals surface area (Å²) in [5, 5.41) is 4.52. The van der Waals surface area contributed by atoms with Crippen molar-refractivity contribution in [3.8, 4) is 17.2 Å². The zero-order valence-corrected chi connectivity index (χ0v) is 19.4. The number of nitrogens with one attached hydrogen (secondary N) is 1. The quantitative estimate of drug-likeness (QED) is 0.425. The summed E-state index contributed by atoms with van der Waals surface area (Å²) in [6.07, 6.45) is 1.53. The van der Waals surface area contributed by atoms with Crippen LogP contribution >= 0.6 is 0 Å². The SMILES string of the molecule is COc1cc(NC(=O)Cc2c(C)c3cc4c(C)coc4c(C)c3oc2=O)cc(OC)c1OC. The van der Waals surface area contributed by atoms with E-state index in [1.165, 1.54) is 21.3 Å². The molecule has 172 valence electrons. The molecule has 8 heteroatoms. The molecule has 0 atom stereocenters. The Kier molecular flexibility index (Phi) is 5.76. The van der Waals surface area contributed by atoms with Gasteiger partial charge in [-0.05, 0) is 38.0 Å². The molecule has 1 N–H and O–H groups in total. The lowest BCUT2D eigenvalue weighted by Crippen LogP contribution is -2.21. The number of hydrogen-bond donors (Lipinski definition) is 1. The van der Waals surface area contributed by atoms with Crippen molar-refractivity contribution in [2.45, 2.75) is 27.2 Å². The largest absolute Gasteiger partial charge is 0.493 e. The van der Waals surface area contributed by atoms with Crippen LogP contribution in [0.1, 0.15) is 22.3 Å². The number of furan rings is 1. The van der Waals surface area contributed by atoms with Gasteiger partial charge in [-0.25, -0.2) is 4.79 Å². The molecule has 0 aliphatic carbocycles. The minimum absolute atomic E-state index is 0.151. The monoisotopic (exact) mass is 451 g/mol. The highest BCUT2D eigenvalue weighted by Gasteiger charge is 2.20. The van der Waals surface area contributed by atoms with Crippen LogP contribution in [0.2, 0.25) is 0 Å². The van der Waals surface area contributed by atoms with Crippen molar-refractivity contribution in [2.75, 3.05) is 26.6 Å². The molecule has 0 fully saturated rings. The minimum Gasteiger partial charge on any atom is -0.493 e. The van der Waals surface area contributed by atoms with E-state index in [4.69, 9.17) is 23.0 Å². The highest BCUT2D eigenvalue weighted by atomic mass is 16.5. The number of ether oxygens (including phenoxy) is 3. The molecule has 0 bridgehead atoms. The van der Waals surface area contributed by atoms with Gasteiger partial charge in [0.1, 0.15) is 11.2 Å². The van der Waals surface area contributed by atoms with Crippen LogP contribution < -0.4 is 25.2 Å². The molecule has 0 saturated heterocycles. The Morgan fingerprint density at radius 1 is 0.909 bits per heavy atom. The molecule has 8 nitrogen and oxygen atoms in total. The van der Waals surface area contributed by atoms with E-state index in [1.54, 1.807) is 18.4 Å². The van der Waals surface area contributed by atoms with Gasteiger partial charge in [-0.3, -0.25) is 4.79 Å². The van der Waals surface area contributed by atoms with Gasteiger partial charge in [0.15, 0.2) is 11.5 Å². The van der Waals surface area contributed by atoms with Crippen molar-refractivity contribution in [3.63, 3.8) is 0 Å². The summed E-state index contributed by atoms with van der Waals surface area (Å²) in [6, 6.07) is 5.18. The van der Waals surface area contributed by atoms with Crippen molar-refractivity contribution in [2.24, 2.45) is 0 Å². The third kappa shape index (κ3) is 3.77. The van der Waals surface area contributed by atoms with Crippen LogP contribution in [0, 0.1) is 20.8 Å². The second-order valence-electron chi connectivity index (χ2n) is 7.81. The number of aryl methyl sites for hydroxylation is 3. The number of fused-ring (bicyclic) bond motifs is 2. The van der Waals surface area contributed by atoms with Crippen LogP contribution in [-0.4, -0.2) is 27.2 Å². The summed E-state index contributed by atoms with van der Waals surface area (Å²) < 4.78 is 27.2. The van der Waals surface area contributed by atoms with Crippen molar-refractivity contribution in [3.05, 3.63) is 57.1 Å². The van der Waals surface area contributed by atoms with E-state index in [2.05, 4.69) is 5.32 Å². The maximum Gasteiger partial charge on any atom is 0.340 e. The Morgan fingerprint density at radius 3 is 2.18 bits per heavy atom. The number of amides is 1. The van der Waals surface area contributed by atoms with E-state index in [9.17, 15) is 9.59 Å². The van der Waals surface area contributed by atoms with Gasteiger partial charge in [0, 0.05) is 34.2 Å². The predicted octanol–water partition coefficient (Wildman–Crippen LogP) is 4.67. The average Bonchev–Trinajstić information content (AvgIpc) is 3.17. The number of carbonyl (C=O) groups is 1. The van der Waals surface area contributed by atoms with Gasteiger partial charge in [-0.1, -0.05) is 0 Å². The van der Waals surface area contributed by atoms with Crippen LogP contribution in [0.4, 0.5) is 5.69 Å². The van der Waals surface area contributed by atoms with Gasteiger partial charge >= 0.3 is 5.63 Å². The Labute approximate surface area is 190 Å². The van der Waals surface area contributed by atoms with E-state index in [1.807, 2.05) is 26.8 Å². The topological polar surface area (TPSA) is 100 Å². The molecule has 0 radical (unpaired) electrons. The summed E-state index contributed by atoms with van der Waals surface area (Å²) in [7, 11) is 4.49. The van der Waals surface area contributed by atoms with Crippen LogP contribution in [0.15, 0.2) is 38.1 Å². The molecule has 0 saturated carbocycles. The summed E-state index contributed by atoms with van der Waals surface area (Å²) in [6.45, 7) is 5.63. The van der Waals surface area contributed by atoms with Gasteiger partial charge in [0.2, 0.25) is 11.7 Å². The first-order chi connectivity index (χ1) is 15.8. The van der Waals surface area contributed by atoms with E-state index >= 15 is 0 Å². The van der Waals surface area contributed by atoms with E-state index in [-0.39, 0.29) is 12.3 Å². The highest BCUT2D eigenvalue weighted by molar-refractivity contribution is 6.00. The van der Waals surface area contributed by atoms with Gasteiger partial charge in [-0.15, -0.1) is 0 Å². The number of rotatable bonds is 6. The normalized spacial score (nSPS) is 11.1. The Bertz CT molecular complexity index is 1420. The van der Waals surface area contributed by atoms with Gasteiger partial charge in [-0.2, -0.15) is 0 Å². The van der Waals surface area contributed by atoms with E-state index in [0.717, 1.165) is 21.9 Å². The summed E-state index contributed by atoms with van der Waals surface area (Å²) in [5.41, 5.74) is 3.80. The maximum atomic E-state index is 12.8. The molecule has 33 heavy (non-hydrogen) atoms. The van der Waals surface area contributed by atoms with Crippen molar-refractivity contribution >= 4 is 33.5 Å². The highest BCUT2D eigenvalue weighted by Crippen LogP contribution is 2.40. The van der Waals surface area contributed by atoms with E-state index in [0.29, 0.717) is 45.2 Å². The first-order valence-electron chi connectivity index (χ1n) is 10.3. The van der Waals surface area contributed by atoms with E-state index < -0.39 is 5.63 Å². The Morgan fingerprint density at radius 2 is 1.58 bits per heavy atom. The van der Waals surface area contributed by atoms with Crippen molar-refractivity contribution < 1.29 is 27.8 Å². The lowest BCUT2D eigenvalue weighted by molar-refractivity contribution is -0.115. The maximum absolute atomic E-state index is 12.8. The summed E-state index contributed by atoms with van der Waals surface area (Å²) in [4.78, 5) is 25.6. The molecule has 0 unspecified atom stereocenters. The second-order valence-corrected chi connectivity index (χ2v) is 7.81. The average molecular weight is 451 g/mol. The smallest absolute Gasteiger partial charge is 0.340 e. The summed E-state index contributed by atoms with van der Waals surface area (Å²) in [5.74, 6) is 0.851. The molecular weight excluding hydrogens is 426 g/mol. The van der Waals surface area contributed by atoms with Crippen molar-refractivity contribution in [1.29, 1.82) is 0 Å². The van der Waals surface area contributed by atoms with Crippen LogP contribution in [0.3, 0.4) is 0 Å². The number of hydrogen-bond acceptors (Lipinski definition) is 7. The fraction of sp³-hybridized carbons (Fsp3) is 0.280. The van der Waals surface area contributed by atoms with Crippen LogP contribution in [-0.2, 0) is 11.2 Å². The molecule has 4 rings (SSSR count). The number of methoxy groups -OCH3 is 3. The number of benzene rings is 2. The predicted molar refractivity (Wildman–Crippen MR) is 125 cm³/mol. The standard InChI is InChI=1S/C25H25NO7/c1-12-11-32-22-14(3)23-17(9-16(12)22)13(2)18(25(28)33-23)10-21(27)26-15-7-19(29-4)24(31-6)20(8-15)30-5/h7-9,11H,10H2,1-6H3,(H,26,27). The molecule has 0 aliphatic rings. The molecule has 2 heterocycles. The second kappa shape index (κ2) is 8.54. The van der Waals surface area contributed by atoms with Crippen molar-refractivity contribution in [1.82, 2.24) is 0 Å². The molecule has 0 spiro atoms. The molecule has 2 aromatic carbocycles. The number of anilines is 1. The number of carbonyl (C=O) groups excluding carboxylic acids is 1. The molecule has 4 aromatic rings. The fourth-order valence-corrected chi connectivity index (χ4v) is 4.04. The zero-order chi connectivity index (χ0) is 23.9. The molecule has 1 amide bonds. The zero-order valence-electron chi connectivity index (χ0n) is 19.4. The van der Waals surface area contributed by atoms with Crippen LogP contribution in [0.25, 0.3) is 21.9 Å². The fourth-order valence-electron chi connectivity index (χ4n) is 4.04. The minimum atomic E-state index is -0.550. The summed E-state index contributed by atoms with van der Waals surface area (Å²) >= 11 is 0. The lowest BCUT2D eigenvalue weighted by Gasteiger charge is -2.15. The molecule has 0 aliphatic heterocycles. The third-order valence-corrected chi connectivity index (χ3v) is 5.82. The molecule has 2 aromatic heterocycles. The first-order valence-corrected chi connectivity index (χ1v) is 10.3. The van der Waals surface area contributed by atoms with Gasteiger partial charge in [0.25, 0.3) is 0 Å². The molecular formula is C25H25NO7. The lowest BCUT2D eigenvalue weighted by atomic mass is 9.99. The Balaban J connectivity index is 1.71. The first kappa shape index (κ1) is 22.3. The van der Waals surface area contributed by atoms with Gasteiger partial charge in [0.05, 0.1) is 39.6 Å². The third-order valence-electron chi connectivity index (χ3n) is 5.82. The van der Waals surface area contributed by atoms with Gasteiger partial charge < -0.3 is 28.4 Å². The Hall–Kier alpha value is -3.94.